The van der Waals surface area contributed by atoms with Crippen LogP contribution in [-0.4, -0.2) is 40.7 Å². The van der Waals surface area contributed by atoms with Crippen molar-refractivity contribution < 1.29 is 4.79 Å². The van der Waals surface area contributed by atoms with E-state index in [4.69, 9.17) is 0 Å². The lowest BCUT2D eigenvalue weighted by atomic mass is 10.0. The lowest BCUT2D eigenvalue weighted by molar-refractivity contribution is 0.0929. The first-order valence-electron chi connectivity index (χ1n) is 9.06. The lowest BCUT2D eigenvalue weighted by Crippen LogP contribution is -2.31. The molecule has 0 saturated heterocycles. The van der Waals surface area contributed by atoms with Crippen LogP contribution in [0, 0.1) is 5.92 Å². The van der Waals surface area contributed by atoms with Crippen LogP contribution in [-0.2, 0) is 0 Å². The van der Waals surface area contributed by atoms with Crippen LogP contribution in [0.5, 0.6) is 0 Å². The van der Waals surface area contributed by atoms with E-state index in [2.05, 4.69) is 44.9 Å². The number of tetrazole rings is 1. The summed E-state index contributed by atoms with van der Waals surface area (Å²) in [7, 11) is 0. The van der Waals surface area contributed by atoms with Gasteiger partial charge in [0, 0.05) is 11.8 Å². The summed E-state index contributed by atoms with van der Waals surface area (Å²) in [5.74, 6) is 0.938. The van der Waals surface area contributed by atoms with Crippen molar-refractivity contribution in [3.05, 3.63) is 66.4 Å². The Morgan fingerprint density at radius 1 is 1.11 bits per heavy atom. The molecular formula is C19H20N8O. The molecule has 0 fully saturated rings. The van der Waals surface area contributed by atoms with Crippen LogP contribution in [0.25, 0.3) is 11.3 Å². The number of hydrogen-bond acceptors (Lipinski definition) is 6. The Kier molecular flexibility index (Phi) is 4.79. The molecule has 4 aromatic rings. The van der Waals surface area contributed by atoms with E-state index in [0.717, 1.165) is 23.6 Å². The van der Waals surface area contributed by atoms with Crippen LogP contribution < -0.4 is 5.32 Å². The molecule has 9 heteroatoms. The Balaban J connectivity index is 1.57. The quantitative estimate of drug-likeness (QED) is 0.553. The topological polar surface area (TPSA) is 103 Å². The normalized spacial score (nSPS) is 12.4. The second kappa shape index (κ2) is 7.55. The van der Waals surface area contributed by atoms with Crippen molar-refractivity contribution in [3.63, 3.8) is 0 Å². The van der Waals surface area contributed by atoms with E-state index < -0.39 is 0 Å². The van der Waals surface area contributed by atoms with Crippen LogP contribution in [0.4, 0.5) is 0 Å². The van der Waals surface area contributed by atoms with Gasteiger partial charge in [-0.3, -0.25) is 9.20 Å². The summed E-state index contributed by atoms with van der Waals surface area (Å²) in [6.07, 6.45) is 4.17. The van der Waals surface area contributed by atoms with E-state index >= 15 is 0 Å². The number of carbonyl (C=O) groups is 1. The molecule has 1 amide bonds. The molecule has 4 rings (SSSR count). The number of carbonyl (C=O) groups excluding carboxylic acids is 1. The summed E-state index contributed by atoms with van der Waals surface area (Å²) in [5, 5.41) is 22.7. The van der Waals surface area contributed by atoms with E-state index in [9.17, 15) is 4.79 Å². The van der Waals surface area contributed by atoms with Crippen LogP contribution >= 0.6 is 0 Å². The molecule has 3 heterocycles. The molecule has 1 atom stereocenters. The number of rotatable bonds is 6. The zero-order valence-corrected chi connectivity index (χ0v) is 15.6. The molecule has 0 aliphatic heterocycles. The second-order valence-corrected chi connectivity index (χ2v) is 6.94. The highest BCUT2D eigenvalue weighted by Gasteiger charge is 2.22. The van der Waals surface area contributed by atoms with Crippen molar-refractivity contribution in [2.24, 2.45) is 5.92 Å². The summed E-state index contributed by atoms with van der Waals surface area (Å²) in [6.45, 7) is 4.23. The highest BCUT2D eigenvalue weighted by atomic mass is 16.1. The maximum absolute atomic E-state index is 12.8. The monoisotopic (exact) mass is 376 g/mol. The largest absolute Gasteiger partial charge is 0.342 e. The highest BCUT2D eigenvalue weighted by Crippen LogP contribution is 2.21. The molecule has 142 valence electrons. The van der Waals surface area contributed by atoms with Gasteiger partial charge in [-0.25, -0.2) is 4.68 Å². The van der Waals surface area contributed by atoms with E-state index in [1.807, 2.05) is 28.8 Å². The number of benzene rings is 1. The smallest absolute Gasteiger partial charge is 0.251 e. The van der Waals surface area contributed by atoms with Crippen molar-refractivity contribution in [3.8, 4) is 5.69 Å². The van der Waals surface area contributed by atoms with Crippen molar-refractivity contribution >= 4 is 11.6 Å². The fourth-order valence-electron chi connectivity index (χ4n) is 3.08. The third kappa shape index (κ3) is 3.59. The molecule has 1 aromatic carbocycles. The molecule has 3 aromatic heterocycles. The lowest BCUT2D eigenvalue weighted by Gasteiger charge is -2.19. The molecule has 0 saturated carbocycles. The van der Waals surface area contributed by atoms with E-state index in [1.54, 1.807) is 24.3 Å². The van der Waals surface area contributed by atoms with Crippen molar-refractivity contribution in [2.75, 3.05) is 0 Å². The SMILES string of the molecule is CC(C)C[C@@H](NC(=O)c1ccc(-n2cnnn2)cc1)c1nnc2ccccn12. The summed E-state index contributed by atoms with van der Waals surface area (Å²) < 4.78 is 3.44. The molecule has 0 aliphatic rings. The minimum atomic E-state index is -0.246. The van der Waals surface area contributed by atoms with Gasteiger partial charge < -0.3 is 5.32 Å². The number of nitrogens with zero attached hydrogens (tertiary/aromatic N) is 7. The van der Waals surface area contributed by atoms with Gasteiger partial charge in [0.25, 0.3) is 5.91 Å². The van der Waals surface area contributed by atoms with E-state index in [1.165, 1.54) is 11.0 Å². The van der Waals surface area contributed by atoms with Gasteiger partial charge in [0.05, 0.1) is 11.7 Å². The first-order valence-corrected chi connectivity index (χ1v) is 9.06. The predicted molar refractivity (Wildman–Crippen MR) is 102 cm³/mol. The number of pyridine rings is 1. The minimum Gasteiger partial charge on any atom is -0.342 e. The highest BCUT2D eigenvalue weighted by molar-refractivity contribution is 5.94. The summed E-state index contributed by atoms with van der Waals surface area (Å²) in [5.41, 5.74) is 2.09. The van der Waals surface area contributed by atoms with E-state index in [0.29, 0.717) is 11.5 Å². The fraction of sp³-hybridized carbons (Fsp3) is 0.263. The van der Waals surface area contributed by atoms with Crippen molar-refractivity contribution in [1.29, 1.82) is 0 Å². The number of amides is 1. The number of fused-ring (bicyclic) bond motifs is 1. The Labute approximate surface area is 161 Å². The number of hydrogen-bond donors (Lipinski definition) is 1. The van der Waals surface area contributed by atoms with Crippen LogP contribution in [0.2, 0.25) is 0 Å². The molecule has 1 N–H and O–H groups in total. The average Bonchev–Trinajstić information content (AvgIpc) is 3.37. The minimum absolute atomic E-state index is 0.165. The maximum atomic E-state index is 12.8. The summed E-state index contributed by atoms with van der Waals surface area (Å²) in [6, 6.07) is 12.6. The van der Waals surface area contributed by atoms with Gasteiger partial charge in [-0.2, -0.15) is 0 Å². The van der Waals surface area contributed by atoms with Gasteiger partial charge in [0.15, 0.2) is 11.5 Å². The molecule has 0 aliphatic carbocycles. The number of aromatic nitrogens is 7. The number of nitrogens with one attached hydrogen (secondary N) is 1. The van der Waals surface area contributed by atoms with E-state index in [-0.39, 0.29) is 11.9 Å². The first kappa shape index (κ1) is 17.8. The Morgan fingerprint density at radius 3 is 2.64 bits per heavy atom. The standard InChI is InChI=1S/C19H20N8O/c1-13(2)11-16(18-23-22-17-5-3-4-10-26(17)18)21-19(28)14-6-8-15(9-7-14)27-12-20-24-25-27/h3-10,12-13,16H,11H2,1-2H3,(H,21,28)/t16-/m1/s1. The molecule has 28 heavy (non-hydrogen) atoms. The third-order valence-electron chi connectivity index (χ3n) is 4.41. The average molecular weight is 376 g/mol. The molecule has 0 bridgehead atoms. The second-order valence-electron chi connectivity index (χ2n) is 6.94. The Bertz CT molecular complexity index is 1070. The predicted octanol–water partition coefficient (Wildman–Crippen LogP) is 2.22. The summed E-state index contributed by atoms with van der Waals surface area (Å²) >= 11 is 0. The fourth-order valence-corrected chi connectivity index (χ4v) is 3.08. The molecular weight excluding hydrogens is 356 g/mol. The van der Waals surface area contributed by atoms with Gasteiger partial charge in [-0.1, -0.05) is 19.9 Å². The van der Waals surface area contributed by atoms with Gasteiger partial charge in [0.2, 0.25) is 0 Å². The van der Waals surface area contributed by atoms with Crippen LogP contribution in [0.1, 0.15) is 42.5 Å². The van der Waals surface area contributed by atoms with Gasteiger partial charge in [0.1, 0.15) is 6.33 Å². The molecule has 0 unspecified atom stereocenters. The third-order valence-corrected chi connectivity index (χ3v) is 4.41. The zero-order valence-electron chi connectivity index (χ0n) is 15.6. The maximum Gasteiger partial charge on any atom is 0.251 e. The Morgan fingerprint density at radius 2 is 1.93 bits per heavy atom. The van der Waals surface area contributed by atoms with Gasteiger partial charge >= 0.3 is 0 Å². The van der Waals surface area contributed by atoms with Crippen LogP contribution in [0.15, 0.2) is 55.0 Å². The molecule has 9 nitrogen and oxygen atoms in total. The Hall–Kier alpha value is -3.62. The van der Waals surface area contributed by atoms with Crippen molar-refractivity contribution in [1.82, 2.24) is 40.1 Å². The zero-order chi connectivity index (χ0) is 19.5. The van der Waals surface area contributed by atoms with Gasteiger partial charge in [-0.05, 0) is 59.2 Å². The summed E-state index contributed by atoms with van der Waals surface area (Å²) in [4.78, 5) is 12.8. The van der Waals surface area contributed by atoms with Crippen LogP contribution in [0.3, 0.4) is 0 Å². The van der Waals surface area contributed by atoms with Crippen molar-refractivity contribution in [2.45, 2.75) is 26.3 Å². The van der Waals surface area contributed by atoms with Gasteiger partial charge in [-0.15, -0.1) is 15.3 Å². The molecule has 0 radical (unpaired) electrons. The first-order chi connectivity index (χ1) is 13.6. The molecule has 0 spiro atoms.